The first-order chi connectivity index (χ1) is 18.9. The van der Waals surface area contributed by atoms with E-state index in [1.54, 1.807) is 12.3 Å². The first kappa shape index (κ1) is 23.3. The second-order valence-electron chi connectivity index (χ2n) is 9.99. The number of furan rings is 1. The minimum absolute atomic E-state index is 0.393. The van der Waals surface area contributed by atoms with Crippen LogP contribution >= 0.6 is 0 Å². The zero-order valence-electron chi connectivity index (χ0n) is 21.6. The summed E-state index contributed by atoms with van der Waals surface area (Å²) in [6.45, 7) is 6.33. The Bertz CT molecular complexity index is 2040. The molecule has 0 bridgehead atoms. The highest BCUT2D eigenvalue weighted by atomic mass is 19.1. The molecule has 0 saturated carbocycles. The molecule has 0 saturated heterocycles. The van der Waals surface area contributed by atoms with Crippen molar-refractivity contribution >= 4 is 33.1 Å². The van der Waals surface area contributed by atoms with E-state index in [0.29, 0.717) is 27.8 Å². The smallest absolute Gasteiger partial charge is 0.227 e. The van der Waals surface area contributed by atoms with E-state index in [4.69, 9.17) is 9.40 Å². The summed E-state index contributed by atoms with van der Waals surface area (Å²) in [6.07, 6.45) is 1.59. The van der Waals surface area contributed by atoms with Crippen molar-refractivity contribution in [2.24, 2.45) is 0 Å². The highest BCUT2D eigenvalue weighted by molar-refractivity contribution is 6.14. The Morgan fingerprint density at radius 1 is 0.769 bits per heavy atom. The lowest BCUT2D eigenvalue weighted by Crippen LogP contribution is -2.03. The summed E-state index contributed by atoms with van der Waals surface area (Å²) in [5, 5.41) is 1.50. The van der Waals surface area contributed by atoms with Crippen LogP contribution in [-0.2, 0) is 0 Å². The largest absolute Gasteiger partial charge is 0.437 e. The number of imidazole rings is 1. The van der Waals surface area contributed by atoms with Gasteiger partial charge in [0.15, 0.2) is 0 Å². The number of para-hydroxylation sites is 3. The summed E-state index contributed by atoms with van der Waals surface area (Å²) in [5.41, 5.74) is 9.30. The van der Waals surface area contributed by atoms with E-state index in [1.165, 1.54) is 17.7 Å². The number of fused-ring (bicyclic) bond motifs is 4. The maximum Gasteiger partial charge on any atom is 0.227 e. The third kappa shape index (κ3) is 3.63. The second-order valence-corrected chi connectivity index (χ2v) is 9.99. The van der Waals surface area contributed by atoms with E-state index < -0.39 is 11.6 Å². The van der Waals surface area contributed by atoms with Crippen LogP contribution in [0.4, 0.5) is 8.78 Å². The third-order valence-corrected chi connectivity index (χ3v) is 7.23. The van der Waals surface area contributed by atoms with Crippen molar-refractivity contribution in [3.05, 3.63) is 113 Å². The van der Waals surface area contributed by atoms with Gasteiger partial charge in [0.1, 0.15) is 23.0 Å². The molecule has 0 fully saturated rings. The van der Waals surface area contributed by atoms with Crippen molar-refractivity contribution in [2.75, 3.05) is 0 Å². The maximum absolute atomic E-state index is 14.1. The molecule has 0 aliphatic carbocycles. The van der Waals surface area contributed by atoms with Gasteiger partial charge in [-0.15, -0.1) is 0 Å². The summed E-state index contributed by atoms with van der Waals surface area (Å²) < 4.78 is 36.9. The lowest BCUT2D eigenvalue weighted by Gasteiger charge is -2.16. The topological polar surface area (TPSA) is 43.9 Å². The SMILES string of the molecule is Cc1cc(C)c(-n2c(-c3cccc4c3oc3nccc(-c5cc(F)cc(F)c5)c34)nc3ccccc32)c(C)c1. The number of rotatable bonds is 3. The fourth-order valence-electron chi connectivity index (χ4n) is 5.80. The summed E-state index contributed by atoms with van der Waals surface area (Å²) in [7, 11) is 0. The lowest BCUT2D eigenvalue weighted by atomic mass is 10.00. The number of halogens is 2. The Hall–Kier alpha value is -4.84. The Kier molecular flexibility index (Phi) is 5.13. The van der Waals surface area contributed by atoms with Gasteiger partial charge >= 0.3 is 0 Å². The minimum atomic E-state index is -0.638. The Morgan fingerprint density at radius 2 is 1.51 bits per heavy atom. The molecule has 0 N–H and O–H groups in total. The number of nitrogens with zero attached hydrogens (tertiary/aromatic N) is 3. The van der Waals surface area contributed by atoms with Gasteiger partial charge in [-0.1, -0.05) is 42.0 Å². The molecule has 4 aromatic carbocycles. The van der Waals surface area contributed by atoms with Crippen LogP contribution in [0.15, 0.2) is 89.5 Å². The van der Waals surface area contributed by atoms with Crippen molar-refractivity contribution in [2.45, 2.75) is 20.8 Å². The Balaban J connectivity index is 1.56. The van der Waals surface area contributed by atoms with Crippen LogP contribution in [0.3, 0.4) is 0 Å². The molecule has 0 aliphatic rings. The summed E-state index contributed by atoms with van der Waals surface area (Å²) in [5.74, 6) is -0.531. The second kappa shape index (κ2) is 8.60. The number of aromatic nitrogens is 3. The monoisotopic (exact) mass is 515 g/mol. The number of hydrogen-bond acceptors (Lipinski definition) is 3. The predicted octanol–water partition coefficient (Wildman–Crippen LogP) is 8.86. The highest BCUT2D eigenvalue weighted by Gasteiger charge is 2.23. The molecule has 4 nitrogen and oxygen atoms in total. The lowest BCUT2D eigenvalue weighted by molar-refractivity contribution is 0.584. The molecule has 190 valence electrons. The van der Waals surface area contributed by atoms with Gasteiger partial charge in [-0.25, -0.2) is 18.7 Å². The molecule has 0 atom stereocenters. The van der Waals surface area contributed by atoms with Crippen molar-refractivity contribution in [1.82, 2.24) is 14.5 Å². The van der Waals surface area contributed by atoms with Crippen molar-refractivity contribution in [3.63, 3.8) is 0 Å². The highest BCUT2D eigenvalue weighted by Crippen LogP contribution is 2.41. The van der Waals surface area contributed by atoms with Crippen molar-refractivity contribution in [1.29, 1.82) is 0 Å². The van der Waals surface area contributed by atoms with E-state index >= 15 is 0 Å². The minimum Gasteiger partial charge on any atom is -0.437 e. The van der Waals surface area contributed by atoms with Crippen LogP contribution in [0.1, 0.15) is 16.7 Å². The molecule has 7 rings (SSSR count). The third-order valence-electron chi connectivity index (χ3n) is 7.23. The zero-order valence-corrected chi connectivity index (χ0v) is 21.6. The molecule has 6 heteroatoms. The zero-order chi connectivity index (χ0) is 26.8. The van der Waals surface area contributed by atoms with Crippen molar-refractivity contribution < 1.29 is 13.2 Å². The molecule has 3 heterocycles. The van der Waals surface area contributed by atoms with Gasteiger partial charge < -0.3 is 4.42 Å². The molecule has 7 aromatic rings. The van der Waals surface area contributed by atoms with Crippen molar-refractivity contribution in [3.8, 4) is 28.2 Å². The summed E-state index contributed by atoms with van der Waals surface area (Å²) in [6, 6.07) is 23.6. The van der Waals surface area contributed by atoms with Crippen LogP contribution in [0, 0.1) is 32.4 Å². The van der Waals surface area contributed by atoms with Gasteiger partial charge in [-0.05, 0) is 79.4 Å². The molecule has 0 unspecified atom stereocenters. The van der Waals surface area contributed by atoms with E-state index in [2.05, 4.69) is 48.5 Å². The normalized spacial score (nSPS) is 11.7. The van der Waals surface area contributed by atoms with Crippen LogP contribution in [-0.4, -0.2) is 14.5 Å². The van der Waals surface area contributed by atoms with E-state index in [1.807, 2.05) is 36.4 Å². The average molecular weight is 516 g/mol. The molecule has 0 radical (unpaired) electrons. The molecule has 0 spiro atoms. The molecule has 0 amide bonds. The number of pyridine rings is 1. The number of aryl methyl sites for hydroxylation is 3. The Labute approximate surface area is 223 Å². The fourth-order valence-corrected chi connectivity index (χ4v) is 5.80. The summed E-state index contributed by atoms with van der Waals surface area (Å²) >= 11 is 0. The first-order valence-electron chi connectivity index (χ1n) is 12.7. The number of hydrogen-bond donors (Lipinski definition) is 0. The van der Waals surface area contributed by atoms with Crippen LogP contribution in [0.2, 0.25) is 0 Å². The predicted molar refractivity (Wildman–Crippen MR) is 151 cm³/mol. The molecule has 39 heavy (non-hydrogen) atoms. The van der Waals surface area contributed by atoms with E-state index in [-0.39, 0.29) is 0 Å². The first-order valence-corrected chi connectivity index (χ1v) is 12.7. The number of benzene rings is 4. The molecular formula is C33H23F2N3O. The van der Waals surface area contributed by atoms with Crippen LogP contribution < -0.4 is 0 Å². The van der Waals surface area contributed by atoms with Crippen LogP contribution in [0.25, 0.3) is 61.3 Å². The molecule has 0 aliphatic heterocycles. The molecular weight excluding hydrogens is 492 g/mol. The van der Waals surface area contributed by atoms with Gasteiger partial charge in [0.2, 0.25) is 5.71 Å². The molecule has 3 aromatic heterocycles. The van der Waals surface area contributed by atoms with Gasteiger partial charge in [0, 0.05) is 17.6 Å². The fraction of sp³-hybridized carbons (Fsp3) is 0.0909. The van der Waals surface area contributed by atoms with Gasteiger partial charge in [0.25, 0.3) is 0 Å². The quantitative estimate of drug-likeness (QED) is 0.236. The van der Waals surface area contributed by atoms with Gasteiger partial charge in [-0.2, -0.15) is 0 Å². The standard InChI is InChI=1S/C33H23F2N3O/c1-18-13-19(2)30(20(3)14-18)38-28-10-5-4-9-27(28)37-32(38)26-8-6-7-25-29-24(11-12-36-33(29)39-31(25)26)21-15-22(34)17-23(35)16-21/h4-17H,1-3H3. The maximum atomic E-state index is 14.1. The average Bonchev–Trinajstić information content (AvgIpc) is 3.46. The van der Waals surface area contributed by atoms with E-state index in [0.717, 1.165) is 50.7 Å². The van der Waals surface area contributed by atoms with Crippen LogP contribution in [0.5, 0.6) is 0 Å². The van der Waals surface area contributed by atoms with Gasteiger partial charge in [-0.3, -0.25) is 4.57 Å². The van der Waals surface area contributed by atoms with E-state index in [9.17, 15) is 8.78 Å². The Morgan fingerprint density at radius 3 is 2.28 bits per heavy atom. The summed E-state index contributed by atoms with van der Waals surface area (Å²) in [4.78, 5) is 9.54. The van der Waals surface area contributed by atoms with Gasteiger partial charge in [0.05, 0.1) is 27.7 Å².